The summed E-state index contributed by atoms with van der Waals surface area (Å²) in [6.45, 7) is 6.72. The number of amides is 1. The zero-order valence-corrected chi connectivity index (χ0v) is 11.4. The molecule has 5 heteroatoms. The second kappa shape index (κ2) is 5.82. The average molecular weight is 238 g/mol. The number of hydrogen-bond acceptors (Lipinski definition) is 3. The van der Waals surface area contributed by atoms with E-state index in [9.17, 15) is 4.79 Å². The van der Waals surface area contributed by atoms with Crippen LogP contribution in [0.4, 0.5) is 0 Å². The molecule has 0 aliphatic heterocycles. The smallest absolute Gasteiger partial charge is 0.273 e. The topological polar surface area (TPSA) is 41.4 Å². The summed E-state index contributed by atoms with van der Waals surface area (Å²) in [7, 11) is 5.54. The van der Waals surface area contributed by atoms with Crippen molar-refractivity contribution >= 4 is 5.91 Å². The Kier molecular flexibility index (Phi) is 4.69. The van der Waals surface area contributed by atoms with Crippen molar-refractivity contribution in [3.63, 3.8) is 0 Å². The van der Waals surface area contributed by atoms with Gasteiger partial charge in [-0.15, -0.1) is 0 Å². The molecule has 0 atom stereocenters. The Morgan fingerprint density at radius 1 is 1.35 bits per heavy atom. The predicted molar refractivity (Wildman–Crippen MR) is 67.9 cm³/mol. The minimum atomic E-state index is -0.0439. The Labute approximate surface area is 103 Å². The molecule has 0 radical (unpaired) electrons. The van der Waals surface area contributed by atoms with E-state index < -0.39 is 0 Å². The number of carbonyl (C=O) groups is 1. The maximum absolute atomic E-state index is 11.8. The maximum atomic E-state index is 11.8. The monoisotopic (exact) mass is 238 g/mol. The second-order valence-electron chi connectivity index (χ2n) is 4.37. The van der Waals surface area contributed by atoms with Crippen molar-refractivity contribution in [1.82, 2.24) is 19.6 Å². The highest BCUT2D eigenvalue weighted by Gasteiger charge is 2.15. The molecular formula is C12H22N4O. The van der Waals surface area contributed by atoms with Crippen molar-refractivity contribution in [3.05, 3.63) is 17.5 Å². The molecule has 96 valence electrons. The van der Waals surface area contributed by atoms with Crippen LogP contribution in [0.3, 0.4) is 0 Å². The third-order valence-corrected chi connectivity index (χ3v) is 2.76. The van der Waals surface area contributed by atoms with Crippen LogP contribution in [0.2, 0.25) is 0 Å². The van der Waals surface area contributed by atoms with Gasteiger partial charge in [0.25, 0.3) is 5.91 Å². The van der Waals surface area contributed by atoms with E-state index >= 15 is 0 Å². The van der Waals surface area contributed by atoms with Gasteiger partial charge in [-0.1, -0.05) is 6.92 Å². The molecule has 5 nitrogen and oxygen atoms in total. The Hall–Kier alpha value is -1.36. The largest absolute Gasteiger partial charge is 0.343 e. The summed E-state index contributed by atoms with van der Waals surface area (Å²) in [5.41, 5.74) is 1.61. The first-order valence-electron chi connectivity index (χ1n) is 5.96. The fourth-order valence-corrected chi connectivity index (χ4v) is 1.58. The lowest BCUT2D eigenvalue weighted by molar-refractivity contribution is 0.0821. The van der Waals surface area contributed by atoms with E-state index in [0.717, 1.165) is 25.3 Å². The summed E-state index contributed by atoms with van der Waals surface area (Å²) >= 11 is 0. The molecule has 0 unspecified atom stereocenters. The number of hydrogen-bond donors (Lipinski definition) is 0. The van der Waals surface area contributed by atoms with Crippen LogP contribution in [0, 0.1) is 0 Å². The predicted octanol–water partition coefficient (Wildman–Crippen LogP) is 1.06. The Balaban J connectivity index is 2.94. The first-order valence-corrected chi connectivity index (χ1v) is 5.96. The minimum absolute atomic E-state index is 0.0439. The van der Waals surface area contributed by atoms with Gasteiger partial charge in [-0.05, 0) is 26.6 Å². The highest BCUT2D eigenvalue weighted by atomic mass is 16.2. The summed E-state index contributed by atoms with van der Waals surface area (Å²) in [6.07, 6.45) is 0. The quantitative estimate of drug-likeness (QED) is 0.770. The fourth-order valence-electron chi connectivity index (χ4n) is 1.58. The summed E-state index contributed by atoms with van der Waals surface area (Å²) in [5, 5.41) is 4.34. The van der Waals surface area contributed by atoms with Crippen LogP contribution < -0.4 is 0 Å². The van der Waals surface area contributed by atoms with Crippen molar-refractivity contribution in [2.24, 2.45) is 0 Å². The molecule has 0 saturated carbocycles. The van der Waals surface area contributed by atoms with E-state index in [1.807, 2.05) is 17.7 Å². The molecule has 0 bridgehead atoms. The van der Waals surface area contributed by atoms with E-state index in [-0.39, 0.29) is 5.91 Å². The van der Waals surface area contributed by atoms with Gasteiger partial charge >= 0.3 is 0 Å². The minimum Gasteiger partial charge on any atom is -0.343 e. The zero-order chi connectivity index (χ0) is 13.0. The van der Waals surface area contributed by atoms with E-state index in [0.29, 0.717) is 5.69 Å². The molecule has 0 N–H and O–H groups in total. The molecule has 17 heavy (non-hydrogen) atoms. The van der Waals surface area contributed by atoms with E-state index in [2.05, 4.69) is 24.0 Å². The Morgan fingerprint density at radius 2 is 2.00 bits per heavy atom. The van der Waals surface area contributed by atoms with Gasteiger partial charge in [-0.25, -0.2) is 0 Å². The van der Waals surface area contributed by atoms with E-state index in [1.165, 1.54) is 0 Å². The number of aryl methyl sites for hydroxylation is 1. The summed E-state index contributed by atoms with van der Waals surface area (Å²) in [6, 6.07) is 1.89. The van der Waals surface area contributed by atoms with Crippen molar-refractivity contribution in [2.75, 3.05) is 27.7 Å². The van der Waals surface area contributed by atoms with Crippen LogP contribution in [0.5, 0.6) is 0 Å². The SMILES string of the molecule is CCN(C)Cc1cc(C(=O)N(C)C)nn1CC. The third-order valence-electron chi connectivity index (χ3n) is 2.76. The van der Waals surface area contributed by atoms with Gasteiger partial charge < -0.3 is 9.80 Å². The van der Waals surface area contributed by atoms with Gasteiger partial charge in [-0.3, -0.25) is 9.48 Å². The van der Waals surface area contributed by atoms with Crippen molar-refractivity contribution < 1.29 is 4.79 Å². The molecule has 0 saturated heterocycles. The standard InChI is InChI=1S/C12H22N4O/c1-6-15(5)9-10-8-11(12(17)14(3)4)13-16(10)7-2/h8H,6-7,9H2,1-5H3. The van der Waals surface area contributed by atoms with Gasteiger partial charge in [0.2, 0.25) is 0 Å². The molecule has 0 aromatic carbocycles. The van der Waals surface area contributed by atoms with Gasteiger partial charge in [0.1, 0.15) is 0 Å². The van der Waals surface area contributed by atoms with Crippen molar-refractivity contribution in [3.8, 4) is 0 Å². The first kappa shape index (κ1) is 13.7. The molecule has 1 amide bonds. The van der Waals surface area contributed by atoms with Crippen LogP contribution in [0.15, 0.2) is 6.07 Å². The first-order chi connectivity index (χ1) is 7.99. The van der Waals surface area contributed by atoms with Crippen molar-refractivity contribution in [1.29, 1.82) is 0 Å². The highest BCUT2D eigenvalue weighted by molar-refractivity contribution is 5.92. The fraction of sp³-hybridized carbons (Fsp3) is 0.667. The Morgan fingerprint density at radius 3 is 2.47 bits per heavy atom. The summed E-state index contributed by atoms with van der Waals surface area (Å²) in [5.74, 6) is -0.0439. The zero-order valence-electron chi connectivity index (χ0n) is 11.4. The molecule has 1 heterocycles. The van der Waals surface area contributed by atoms with Crippen LogP contribution >= 0.6 is 0 Å². The summed E-state index contributed by atoms with van der Waals surface area (Å²) in [4.78, 5) is 15.6. The van der Waals surface area contributed by atoms with Gasteiger partial charge in [-0.2, -0.15) is 5.10 Å². The second-order valence-corrected chi connectivity index (χ2v) is 4.37. The van der Waals surface area contributed by atoms with Crippen LogP contribution in [-0.2, 0) is 13.1 Å². The molecule has 1 aromatic heterocycles. The Bertz CT molecular complexity index is 384. The lowest BCUT2D eigenvalue weighted by Crippen LogP contribution is -2.22. The molecule has 1 rings (SSSR count). The number of carbonyl (C=O) groups excluding carboxylic acids is 1. The maximum Gasteiger partial charge on any atom is 0.273 e. The number of nitrogens with zero attached hydrogens (tertiary/aromatic N) is 4. The third kappa shape index (κ3) is 3.30. The molecule has 0 aliphatic carbocycles. The summed E-state index contributed by atoms with van der Waals surface area (Å²) < 4.78 is 1.89. The molecular weight excluding hydrogens is 216 g/mol. The molecule has 1 aromatic rings. The van der Waals surface area contributed by atoms with Gasteiger partial charge in [0, 0.05) is 27.2 Å². The molecule has 0 aliphatic rings. The van der Waals surface area contributed by atoms with Crippen LogP contribution in [0.25, 0.3) is 0 Å². The number of aromatic nitrogens is 2. The van der Waals surface area contributed by atoms with Crippen LogP contribution in [0.1, 0.15) is 30.0 Å². The van der Waals surface area contributed by atoms with E-state index in [4.69, 9.17) is 0 Å². The van der Waals surface area contributed by atoms with E-state index in [1.54, 1.807) is 19.0 Å². The van der Waals surface area contributed by atoms with Crippen LogP contribution in [-0.4, -0.2) is 53.2 Å². The van der Waals surface area contributed by atoms with Gasteiger partial charge in [0.15, 0.2) is 5.69 Å². The highest BCUT2D eigenvalue weighted by Crippen LogP contribution is 2.09. The lowest BCUT2D eigenvalue weighted by Gasteiger charge is -2.13. The molecule has 0 spiro atoms. The normalized spacial score (nSPS) is 10.9. The van der Waals surface area contributed by atoms with Gasteiger partial charge in [0.05, 0.1) is 5.69 Å². The van der Waals surface area contributed by atoms with Crippen molar-refractivity contribution in [2.45, 2.75) is 26.9 Å². The number of rotatable bonds is 5. The lowest BCUT2D eigenvalue weighted by atomic mass is 10.3. The molecule has 0 fully saturated rings. The average Bonchev–Trinajstić information content (AvgIpc) is 2.70.